The van der Waals surface area contributed by atoms with Gasteiger partial charge in [0.1, 0.15) is 6.54 Å². The molecule has 0 spiro atoms. The maximum absolute atomic E-state index is 12.9. The maximum Gasteiger partial charge on any atom is 0.257 e. The molecule has 7 nitrogen and oxygen atoms in total. The molecule has 1 heterocycles. The first-order chi connectivity index (χ1) is 14.0. The van der Waals surface area contributed by atoms with E-state index in [0.717, 1.165) is 24.8 Å². The van der Waals surface area contributed by atoms with E-state index in [0.29, 0.717) is 17.9 Å². The molecule has 3 aromatic rings. The van der Waals surface area contributed by atoms with Crippen LogP contribution in [0, 0.1) is 0 Å². The van der Waals surface area contributed by atoms with Crippen molar-refractivity contribution in [1.82, 2.24) is 20.0 Å². The molecule has 1 aromatic heterocycles. The van der Waals surface area contributed by atoms with Gasteiger partial charge in [-0.05, 0) is 54.9 Å². The highest BCUT2D eigenvalue weighted by Crippen LogP contribution is 2.32. The molecule has 4 rings (SSSR count). The van der Waals surface area contributed by atoms with Gasteiger partial charge in [0, 0.05) is 30.9 Å². The standard InChI is InChI=1S/C22H25N5O2/c1-26(2)13-11-23-20(28)14-27-12-10-19(25-27)24-22(29)18-9-8-16-7-6-15-4-3-5-17(18)21(15)16/h3-5,8-10,12H,6-7,11,13-14H2,1-2H3,(H,23,28)(H,24,25,29). The molecule has 0 radical (unpaired) electrons. The Morgan fingerprint density at radius 2 is 1.90 bits per heavy atom. The third-order valence-corrected chi connectivity index (χ3v) is 5.19. The predicted molar refractivity (Wildman–Crippen MR) is 113 cm³/mol. The number of benzene rings is 2. The number of rotatable bonds is 7. The summed E-state index contributed by atoms with van der Waals surface area (Å²) in [6.07, 6.45) is 3.74. The van der Waals surface area contributed by atoms with Crippen LogP contribution >= 0.6 is 0 Å². The van der Waals surface area contributed by atoms with Crippen molar-refractivity contribution in [2.45, 2.75) is 19.4 Å². The number of carbonyl (C=O) groups is 2. The fourth-order valence-corrected chi connectivity index (χ4v) is 3.77. The monoisotopic (exact) mass is 391 g/mol. The van der Waals surface area contributed by atoms with E-state index in [2.05, 4.69) is 21.8 Å². The van der Waals surface area contributed by atoms with Crippen LogP contribution in [-0.2, 0) is 24.2 Å². The van der Waals surface area contributed by atoms with Crippen molar-refractivity contribution in [3.63, 3.8) is 0 Å². The largest absolute Gasteiger partial charge is 0.353 e. The van der Waals surface area contributed by atoms with Gasteiger partial charge >= 0.3 is 0 Å². The van der Waals surface area contributed by atoms with Gasteiger partial charge in [-0.3, -0.25) is 14.3 Å². The second-order valence-corrected chi connectivity index (χ2v) is 7.62. The molecule has 150 valence electrons. The molecule has 7 heteroatoms. The third-order valence-electron chi connectivity index (χ3n) is 5.19. The lowest BCUT2D eigenvalue weighted by Gasteiger charge is -2.10. The van der Waals surface area contributed by atoms with Crippen LogP contribution in [0.1, 0.15) is 21.5 Å². The minimum Gasteiger partial charge on any atom is -0.353 e. The van der Waals surface area contributed by atoms with Crippen LogP contribution in [0.2, 0.25) is 0 Å². The second kappa shape index (κ2) is 8.05. The van der Waals surface area contributed by atoms with Crippen molar-refractivity contribution in [2.24, 2.45) is 0 Å². The Labute approximate surface area is 169 Å². The minimum absolute atomic E-state index is 0.111. The summed E-state index contributed by atoms with van der Waals surface area (Å²) in [5.74, 6) is 0.126. The number of carbonyl (C=O) groups excluding carboxylic acids is 2. The van der Waals surface area contributed by atoms with Crippen LogP contribution in [0.4, 0.5) is 5.82 Å². The molecular formula is C22H25N5O2. The van der Waals surface area contributed by atoms with Crippen LogP contribution < -0.4 is 10.6 Å². The Hall–Kier alpha value is -3.19. The molecule has 2 amide bonds. The normalized spacial score (nSPS) is 12.5. The van der Waals surface area contributed by atoms with Gasteiger partial charge in [0.2, 0.25) is 5.91 Å². The zero-order valence-electron chi connectivity index (χ0n) is 16.7. The number of nitrogens with one attached hydrogen (secondary N) is 2. The molecule has 0 saturated carbocycles. The molecule has 0 aliphatic heterocycles. The van der Waals surface area contributed by atoms with Gasteiger partial charge < -0.3 is 15.5 Å². The second-order valence-electron chi connectivity index (χ2n) is 7.62. The first-order valence-corrected chi connectivity index (χ1v) is 9.81. The number of amides is 2. The lowest BCUT2D eigenvalue weighted by Crippen LogP contribution is -2.33. The Morgan fingerprint density at radius 3 is 2.69 bits per heavy atom. The molecule has 0 unspecified atom stereocenters. The molecule has 1 aliphatic carbocycles. The van der Waals surface area contributed by atoms with Crippen molar-refractivity contribution in [2.75, 3.05) is 32.5 Å². The van der Waals surface area contributed by atoms with Gasteiger partial charge in [0.05, 0.1) is 0 Å². The van der Waals surface area contributed by atoms with Gasteiger partial charge in [-0.25, -0.2) is 0 Å². The van der Waals surface area contributed by atoms with Crippen LogP contribution in [0.25, 0.3) is 10.8 Å². The molecule has 29 heavy (non-hydrogen) atoms. The summed E-state index contributed by atoms with van der Waals surface area (Å²) in [6.45, 7) is 1.48. The molecule has 0 fully saturated rings. The Balaban J connectivity index is 1.43. The summed E-state index contributed by atoms with van der Waals surface area (Å²) in [6, 6.07) is 11.8. The number of hydrogen-bond donors (Lipinski definition) is 2. The average Bonchev–Trinajstić information content (AvgIpc) is 3.30. The topological polar surface area (TPSA) is 79.3 Å². The zero-order chi connectivity index (χ0) is 20.4. The van der Waals surface area contributed by atoms with Crippen LogP contribution in [0.5, 0.6) is 0 Å². The van der Waals surface area contributed by atoms with E-state index in [4.69, 9.17) is 0 Å². The summed E-state index contributed by atoms with van der Waals surface area (Å²) in [5.41, 5.74) is 3.25. The number of likely N-dealkylation sites (N-methyl/N-ethyl adjacent to an activating group) is 1. The van der Waals surface area contributed by atoms with Crippen LogP contribution in [-0.4, -0.2) is 53.7 Å². The van der Waals surface area contributed by atoms with E-state index in [1.807, 2.05) is 43.3 Å². The Morgan fingerprint density at radius 1 is 1.10 bits per heavy atom. The van der Waals surface area contributed by atoms with Crippen LogP contribution in [0.15, 0.2) is 42.6 Å². The zero-order valence-corrected chi connectivity index (χ0v) is 16.7. The van der Waals surface area contributed by atoms with Crippen molar-refractivity contribution in [1.29, 1.82) is 0 Å². The lowest BCUT2D eigenvalue weighted by atomic mass is 9.99. The van der Waals surface area contributed by atoms with Crippen molar-refractivity contribution in [3.05, 3.63) is 59.3 Å². The third kappa shape index (κ3) is 4.14. The molecule has 0 atom stereocenters. The van der Waals surface area contributed by atoms with E-state index in [-0.39, 0.29) is 18.4 Å². The summed E-state index contributed by atoms with van der Waals surface area (Å²) in [7, 11) is 3.91. The quantitative estimate of drug-likeness (QED) is 0.646. The molecule has 0 bridgehead atoms. The summed E-state index contributed by atoms with van der Waals surface area (Å²) < 4.78 is 1.52. The molecule has 2 N–H and O–H groups in total. The summed E-state index contributed by atoms with van der Waals surface area (Å²) in [5, 5.41) is 12.2. The first-order valence-electron chi connectivity index (χ1n) is 9.81. The predicted octanol–water partition coefficient (Wildman–Crippen LogP) is 2.07. The lowest BCUT2D eigenvalue weighted by molar-refractivity contribution is -0.121. The van der Waals surface area contributed by atoms with E-state index in [9.17, 15) is 9.59 Å². The maximum atomic E-state index is 12.9. The highest BCUT2D eigenvalue weighted by Gasteiger charge is 2.19. The Bertz CT molecular complexity index is 1060. The Kier molecular flexibility index (Phi) is 5.31. The number of aromatic nitrogens is 2. The molecule has 1 aliphatic rings. The fourth-order valence-electron chi connectivity index (χ4n) is 3.77. The van der Waals surface area contributed by atoms with Crippen molar-refractivity contribution in [3.8, 4) is 0 Å². The van der Waals surface area contributed by atoms with Crippen molar-refractivity contribution < 1.29 is 9.59 Å². The smallest absolute Gasteiger partial charge is 0.257 e. The first kappa shape index (κ1) is 19.1. The highest BCUT2D eigenvalue weighted by atomic mass is 16.2. The van der Waals surface area contributed by atoms with E-state index >= 15 is 0 Å². The van der Waals surface area contributed by atoms with Gasteiger partial charge in [0.15, 0.2) is 5.82 Å². The number of anilines is 1. The van der Waals surface area contributed by atoms with Crippen LogP contribution in [0.3, 0.4) is 0 Å². The molecule has 0 saturated heterocycles. The molecular weight excluding hydrogens is 366 g/mol. The summed E-state index contributed by atoms with van der Waals surface area (Å²) in [4.78, 5) is 26.9. The van der Waals surface area contributed by atoms with Gasteiger partial charge in [-0.15, -0.1) is 0 Å². The summed E-state index contributed by atoms with van der Waals surface area (Å²) >= 11 is 0. The SMILES string of the molecule is CN(C)CCNC(=O)Cn1ccc(NC(=O)c2ccc3c4c(cccc24)CC3)n1. The molecule has 2 aromatic carbocycles. The van der Waals surface area contributed by atoms with E-state index in [1.54, 1.807) is 12.3 Å². The average molecular weight is 391 g/mol. The number of nitrogens with zero attached hydrogens (tertiary/aromatic N) is 3. The number of aryl methyl sites for hydroxylation is 2. The van der Waals surface area contributed by atoms with Gasteiger partial charge in [0.25, 0.3) is 5.91 Å². The van der Waals surface area contributed by atoms with Crippen molar-refractivity contribution >= 4 is 28.4 Å². The minimum atomic E-state index is -0.193. The number of hydrogen-bond acceptors (Lipinski definition) is 4. The van der Waals surface area contributed by atoms with E-state index in [1.165, 1.54) is 21.2 Å². The highest BCUT2D eigenvalue weighted by molar-refractivity contribution is 6.14. The fraction of sp³-hybridized carbons (Fsp3) is 0.318. The van der Waals surface area contributed by atoms with Gasteiger partial charge in [-0.2, -0.15) is 5.10 Å². The van der Waals surface area contributed by atoms with E-state index < -0.39 is 0 Å². The van der Waals surface area contributed by atoms with Gasteiger partial charge in [-0.1, -0.05) is 24.3 Å².